The summed E-state index contributed by atoms with van der Waals surface area (Å²) >= 11 is 0. The van der Waals surface area contributed by atoms with Gasteiger partial charge in [0.1, 0.15) is 12.2 Å². The average molecular weight is 401 g/mol. The second-order valence-corrected chi connectivity index (χ2v) is 6.15. The van der Waals surface area contributed by atoms with E-state index in [-0.39, 0.29) is 22.6 Å². The van der Waals surface area contributed by atoms with Crippen LogP contribution in [0.2, 0.25) is 0 Å². The van der Waals surface area contributed by atoms with Crippen molar-refractivity contribution in [2.24, 2.45) is 5.11 Å². The number of nitrogens with zero attached hydrogens (tertiary/aromatic N) is 6. The number of carbonyl (C=O) groups excluding carboxylic acids is 1. The van der Waals surface area contributed by atoms with Crippen molar-refractivity contribution < 1.29 is 18.0 Å². The zero-order chi connectivity index (χ0) is 21.2. The van der Waals surface area contributed by atoms with E-state index in [0.29, 0.717) is 11.4 Å². The normalized spacial score (nSPS) is 11.1. The van der Waals surface area contributed by atoms with Crippen LogP contribution in [0.4, 0.5) is 24.5 Å². The number of carbonyl (C=O) groups is 1. The fourth-order valence-corrected chi connectivity index (χ4v) is 2.56. The van der Waals surface area contributed by atoms with E-state index in [0.717, 1.165) is 12.1 Å². The van der Waals surface area contributed by atoms with Crippen molar-refractivity contribution in [3.63, 3.8) is 0 Å². The summed E-state index contributed by atoms with van der Waals surface area (Å²) in [6.07, 6.45) is -3.34. The summed E-state index contributed by atoms with van der Waals surface area (Å²) in [7, 11) is 0. The molecule has 0 radical (unpaired) electrons. The van der Waals surface area contributed by atoms with Crippen molar-refractivity contribution in [1.29, 1.82) is 0 Å². The zero-order valence-corrected chi connectivity index (χ0v) is 15.3. The Kier molecular flexibility index (Phi) is 5.24. The van der Waals surface area contributed by atoms with Crippen LogP contribution >= 0.6 is 0 Å². The highest BCUT2D eigenvalue weighted by Gasteiger charge is 2.31. The second kappa shape index (κ2) is 7.64. The first-order chi connectivity index (χ1) is 13.7. The van der Waals surface area contributed by atoms with Crippen LogP contribution in [0, 0.1) is 13.8 Å². The van der Waals surface area contributed by atoms with Gasteiger partial charge in [0.25, 0.3) is 5.91 Å². The molecule has 29 heavy (non-hydrogen) atoms. The number of rotatable bonds is 4. The highest BCUT2D eigenvalue weighted by atomic mass is 19.4. The summed E-state index contributed by atoms with van der Waals surface area (Å²) in [6, 6.07) is 7.51. The van der Waals surface area contributed by atoms with Gasteiger partial charge < -0.3 is 5.32 Å². The lowest BCUT2D eigenvalue weighted by atomic mass is 10.1. The molecule has 0 fully saturated rings. The number of azide groups is 1. The van der Waals surface area contributed by atoms with Crippen LogP contribution in [0.25, 0.3) is 16.1 Å². The molecule has 0 saturated heterocycles. The lowest BCUT2D eigenvalue weighted by Gasteiger charge is -2.13. The van der Waals surface area contributed by atoms with Crippen LogP contribution in [-0.4, -0.2) is 20.7 Å². The summed E-state index contributed by atoms with van der Waals surface area (Å²) in [5, 5.41) is 9.94. The van der Waals surface area contributed by atoms with Crippen LogP contribution in [0.5, 0.6) is 0 Å². The minimum absolute atomic E-state index is 0.0705. The first kappa shape index (κ1) is 19.9. The monoisotopic (exact) mass is 401 g/mol. The largest absolute Gasteiger partial charge is 0.416 e. The molecule has 0 saturated carbocycles. The first-order valence-corrected chi connectivity index (χ1v) is 8.25. The lowest BCUT2D eigenvalue weighted by molar-refractivity contribution is -0.137. The van der Waals surface area contributed by atoms with Gasteiger partial charge in [-0.25, -0.2) is 9.67 Å². The summed E-state index contributed by atoms with van der Waals surface area (Å²) in [5.41, 5.74) is 8.71. The summed E-state index contributed by atoms with van der Waals surface area (Å²) < 4.78 is 41.1. The molecule has 0 spiro atoms. The standard InChI is InChI=1S/C18H14F3N7O/c1-10-3-4-12(5-16(10)25-27-22)17(29)24-14-6-13(18(19,20)21)7-15(8-14)28-9-23-11(2)26-28/h3-9H,1-2H3,(H,24,29). The Labute approximate surface area is 162 Å². The Hall–Kier alpha value is -3.85. The van der Waals surface area contributed by atoms with E-state index in [9.17, 15) is 18.0 Å². The van der Waals surface area contributed by atoms with Gasteiger partial charge in [0.15, 0.2) is 0 Å². The minimum atomic E-state index is -4.62. The zero-order valence-electron chi connectivity index (χ0n) is 15.3. The van der Waals surface area contributed by atoms with Gasteiger partial charge >= 0.3 is 6.18 Å². The third-order valence-corrected chi connectivity index (χ3v) is 4.00. The molecule has 1 amide bonds. The fraction of sp³-hybridized carbons (Fsp3) is 0.167. The SMILES string of the molecule is Cc1ncn(-c2cc(NC(=O)c3ccc(C)c(N=[N+]=[N-])c3)cc(C(F)(F)F)c2)n1. The van der Waals surface area contributed by atoms with Crippen molar-refractivity contribution in [2.45, 2.75) is 20.0 Å². The van der Waals surface area contributed by atoms with Gasteiger partial charge in [-0.15, -0.1) is 0 Å². The van der Waals surface area contributed by atoms with E-state index in [1.54, 1.807) is 19.9 Å². The topological polar surface area (TPSA) is 109 Å². The number of aromatic nitrogens is 3. The molecule has 0 unspecified atom stereocenters. The van der Waals surface area contributed by atoms with Crippen molar-refractivity contribution in [3.05, 3.63) is 75.7 Å². The highest BCUT2D eigenvalue weighted by Crippen LogP contribution is 2.33. The molecular weight excluding hydrogens is 387 g/mol. The quantitative estimate of drug-likeness (QED) is 0.373. The van der Waals surface area contributed by atoms with Crippen molar-refractivity contribution in [3.8, 4) is 5.69 Å². The summed E-state index contributed by atoms with van der Waals surface area (Å²) in [5.74, 6) is -0.266. The number of aryl methyl sites for hydroxylation is 2. The highest BCUT2D eigenvalue weighted by molar-refractivity contribution is 6.05. The molecule has 1 N–H and O–H groups in total. The van der Waals surface area contributed by atoms with Gasteiger partial charge in [-0.1, -0.05) is 11.2 Å². The second-order valence-electron chi connectivity index (χ2n) is 6.15. The molecule has 0 aliphatic carbocycles. The van der Waals surface area contributed by atoms with Crippen LogP contribution in [0.3, 0.4) is 0 Å². The predicted molar refractivity (Wildman–Crippen MR) is 99.0 cm³/mol. The lowest BCUT2D eigenvalue weighted by Crippen LogP contribution is -2.14. The molecule has 3 rings (SSSR count). The molecular formula is C18H14F3N7O. The van der Waals surface area contributed by atoms with Crippen LogP contribution < -0.4 is 5.32 Å². The van der Waals surface area contributed by atoms with Gasteiger partial charge in [0.2, 0.25) is 0 Å². The molecule has 2 aromatic carbocycles. The van der Waals surface area contributed by atoms with Gasteiger partial charge in [-0.2, -0.15) is 18.3 Å². The Bertz CT molecular complexity index is 1130. The summed E-state index contributed by atoms with van der Waals surface area (Å²) in [4.78, 5) is 19.1. The number of benzene rings is 2. The number of anilines is 1. The third-order valence-electron chi connectivity index (χ3n) is 4.00. The number of amides is 1. The van der Waals surface area contributed by atoms with E-state index >= 15 is 0 Å². The van der Waals surface area contributed by atoms with Crippen molar-refractivity contribution in [2.75, 3.05) is 5.32 Å². The molecule has 0 aliphatic rings. The van der Waals surface area contributed by atoms with E-state index in [1.165, 1.54) is 29.2 Å². The van der Waals surface area contributed by atoms with Crippen molar-refractivity contribution in [1.82, 2.24) is 14.8 Å². The molecule has 148 valence electrons. The fourth-order valence-electron chi connectivity index (χ4n) is 2.56. The number of alkyl halides is 3. The molecule has 1 heterocycles. The molecule has 1 aromatic heterocycles. The van der Waals surface area contributed by atoms with E-state index in [1.807, 2.05) is 0 Å². The Morgan fingerprint density at radius 1 is 1.21 bits per heavy atom. The predicted octanol–water partition coefficient (Wildman–Crippen LogP) is 5.10. The Morgan fingerprint density at radius 2 is 1.97 bits per heavy atom. The molecule has 8 nitrogen and oxygen atoms in total. The number of hydrogen-bond acceptors (Lipinski definition) is 4. The first-order valence-electron chi connectivity index (χ1n) is 8.25. The number of nitrogens with one attached hydrogen (secondary N) is 1. The Morgan fingerprint density at radius 3 is 2.59 bits per heavy atom. The van der Waals surface area contributed by atoms with Gasteiger partial charge in [0.05, 0.1) is 11.3 Å². The maximum absolute atomic E-state index is 13.3. The molecule has 3 aromatic rings. The van der Waals surface area contributed by atoms with Gasteiger partial charge in [-0.05, 0) is 55.3 Å². The maximum atomic E-state index is 13.3. The average Bonchev–Trinajstić information content (AvgIpc) is 3.09. The maximum Gasteiger partial charge on any atom is 0.416 e. The summed E-state index contributed by atoms with van der Waals surface area (Å²) in [6.45, 7) is 3.30. The van der Waals surface area contributed by atoms with Crippen LogP contribution in [0.15, 0.2) is 47.8 Å². The van der Waals surface area contributed by atoms with E-state index < -0.39 is 17.6 Å². The minimum Gasteiger partial charge on any atom is -0.322 e. The third kappa shape index (κ3) is 4.53. The molecule has 0 aliphatic heterocycles. The van der Waals surface area contributed by atoms with Gasteiger partial charge in [0, 0.05) is 21.8 Å². The van der Waals surface area contributed by atoms with E-state index in [2.05, 4.69) is 25.4 Å². The number of hydrogen-bond donors (Lipinski definition) is 1. The molecule has 11 heteroatoms. The Balaban J connectivity index is 1.99. The van der Waals surface area contributed by atoms with Gasteiger partial charge in [-0.3, -0.25) is 4.79 Å². The number of halogens is 3. The molecule has 0 atom stereocenters. The van der Waals surface area contributed by atoms with Crippen molar-refractivity contribution >= 4 is 17.3 Å². The smallest absolute Gasteiger partial charge is 0.322 e. The van der Waals surface area contributed by atoms with Crippen LogP contribution in [-0.2, 0) is 6.18 Å². The van der Waals surface area contributed by atoms with E-state index in [4.69, 9.17) is 5.53 Å². The van der Waals surface area contributed by atoms with Crippen LogP contribution in [0.1, 0.15) is 27.3 Å². The molecule has 0 bridgehead atoms.